The Hall–Kier alpha value is -2.14. The van der Waals surface area contributed by atoms with E-state index in [1.165, 1.54) is 12.1 Å². The predicted molar refractivity (Wildman–Crippen MR) is 112 cm³/mol. The lowest BCUT2D eigenvalue weighted by Gasteiger charge is -2.13. The zero-order valence-electron chi connectivity index (χ0n) is 16.0. The molecule has 2 aliphatic heterocycles. The standard InChI is InChI=1S/C20H21BrN2O6S/c21-17-5-4-15(30(25,26)23-11-14-2-1-7-27-14)9-16(17)20(24)22-10-13-3-6-18-19(8-13)29-12-28-18/h3-6,8-9,14,23H,1-2,7,10-12H2,(H,22,24). The average molecular weight is 497 g/mol. The molecule has 0 spiro atoms. The van der Waals surface area contributed by atoms with Crippen LogP contribution in [0.15, 0.2) is 45.8 Å². The molecule has 160 valence electrons. The van der Waals surface area contributed by atoms with Gasteiger partial charge in [0.1, 0.15) is 0 Å². The molecule has 2 aromatic carbocycles. The molecule has 0 bridgehead atoms. The van der Waals surface area contributed by atoms with E-state index in [0.717, 1.165) is 18.4 Å². The van der Waals surface area contributed by atoms with Gasteiger partial charge in [-0.2, -0.15) is 0 Å². The Bertz CT molecular complexity index is 1050. The fraction of sp³-hybridized carbons (Fsp3) is 0.350. The van der Waals surface area contributed by atoms with Crippen molar-refractivity contribution in [3.63, 3.8) is 0 Å². The Labute approximate surface area is 183 Å². The van der Waals surface area contributed by atoms with Gasteiger partial charge in [-0.05, 0) is 64.7 Å². The van der Waals surface area contributed by atoms with Gasteiger partial charge in [0.2, 0.25) is 16.8 Å². The number of fused-ring (bicyclic) bond motifs is 1. The monoisotopic (exact) mass is 496 g/mol. The van der Waals surface area contributed by atoms with Crippen molar-refractivity contribution in [3.8, 4) is 11.5 Å². The molecule has 0 radical (unpaired) electrons. The Morgan fingerprint density at radius 2 is 1.97 bits per heavy atom. The minimum Gasteiger partial charge on any atom is -0.454 e. The summed E-state index contributed by atoms with van der Waals surface area (Å²) in [5.74, 6) is 0.908. The van der Waals surface area contributed by atoms with E-state index in [2.05, 4.69) is 26.0 Å². The molecule has 1 amide bonds. The number of hydrogen-bond donors (Lipinski definition) is 2. The number of ether oxygens (including phenoxy) is 3. The second kappa shape index (κ2) is 8.93. The van der Waals surface area contributed by atoms with E-state index in [4.69, 9.17) is 14.2 Å². The van der Waals surface area contributed by atoms with E-state index >= 15 is 0 Å². The molecule has 2 aromatic rings. The van der Waals surface area contributed by atoms with Crippen LogP contribution in [0.4, 0.5) is 0 Å². The largest absolute Gasteiger partial charge is 0.454 e. The highest BCUT2D eigenvalue weighted by Crippen LogP contribution is 2.32. The molecule has 1 saturated heterocycles. The van der Waals surface area contributed by atoms with E-state index in [-0.39, 0.29) is 36.4 Å². The molecule has 0 saturated carbocycles. The number of nitrogens with one attached hydrogen (secondary N) is 2. The second-order valence-corrected chi connectivity index (χ2v) is 9.62. The zero-order valence-corrected chi connectivity index (χ0v) is 18.4. The third-order valence-corrected chi connectivity index (χ3v) is 7.02. The smallest absolute Gasteiger partial charge is 0.252 e. The Morgan fingerprint density at radius 1 is 1.13 bits per heavy atom. The van der Waals surface area contributed by atoms with Gasteiger partial charge in [0.25, 0.3) is 5.91 Å². The average Bonchev–Trinajstić information content (AvgIpc) is 3.42. The molecule has 2 N–H and O–H groups in total. The molecule has 1 unspecified atom stereocenters. The van der Waals surface area contributed by atoms with Crippen LogP contribution in [-0.4, -0.2) is 40.4 Å². The molecule has 4 rings (SSSR count). The quantitative estimate of drug-likeness (QED) is 0.610. The third kappa shape index (κ3) is 4.77. The van der Waals surface area contributed by atoms with Crippen molar-refractivity contribution < 1.29 is 27.4 Å². The number of sulfonamides is 1. The molecule has 10 heteroatoms. The summed E-state index contributed by atoms with van der Waals surface area (Å²) in [5, 5.41) is 2.80. The van der Waals surface area contributed by atoms with Crippen LogP contribution in [0.25, 0.3) is 0 Å². The fourth-order valence-electron chi connectivity index (χ4n) is 3.27. The first-order valence-electron chi connectivity index (χ1n) is 9.50. The van der Waals surface area contributed by atoms with Gasteiger partial charge >= 0.3 is 0 Å². The summed E-state index contributed by atoms with van der Waals surface area (Å²) in [4.78, 5) is 12.7. The second-order valence-electron chi connectivity index (χ2n) is 7.00. The van der Waals surface area contributed by atoms with E-state index in [9.17, 15) is 13.2 Å². The molecule has 2 aliphatic rings. The summed E-state index contributed by atoms with van der Waals surface area (Å²) >= 11 is 3.32. The molecular weight excluding hydrogens is 476 g/mol. The number of hydrogen-bond acceptors (Lipinski definition) is 6. The molecule has 8 nitrogen and oxygen atoms in total. The Morgan fingerprint density at radius 3 is 2.77 bits per heavy atom. The van der Waals surface area contributed by atoms with Crippen LogP contribution in [0.1, 0.15) is 28.8 Å². The van der Waals surface area contributed by atoms with Crippen molar-refractivity contribution in [2.45, 2.75) is 30.4 Å². The maximum atomic E-state index is 12.7. The summed E-state index contributed by atoms with van der Waals surface area (Å²) in [7, 11) is -3.76. The van der Waals surface area contributed by atoms with Crippen LogP contribution in [-0.2, 0) is 21.3 Å². The van der Waals surface area contributed by atoms with Crippen LogP contribution in [0, 0.1) is 0 Å². The van der Waals surface area contributed by atoms with Gasteiger partial charge in [0.15, 0.2) is 11.5 Å². The lowest BCUT2D eigenvalue weighted by molar-refractivity contribution is 0.0949. The number of halogens is 1. The lowest BCUT2D eigenvalue weighted by Crippen LogP contribution is -2.32. The van der Waals surface area contributed by atoms with Gasteiger partial charge < -0.3 is 19.5 Å². The minimum atomic E-state index is -3.76. The van der Waals surface area contributed by atoms with E-state index in [1.807, 2.05) is 6.07 Å². The molecule has 2 heterocycles. The van der Waals surface area contributed by atoms with Crippen molar-refractivity contribution in [3.05, 3.63) is 52.0 Å². The summed E-state index contributed by atoms with van der Waals surface area (Å²) in [6.45, 7) is 1.30. The maximum Gasteiger partial charge on any atom is 0.252 e. The normalized spacial score (nSPS) is 17.8. The summed E-state index contributed by atoms with van der Waals surface area (Å²) in [6.07, 6.45) is 1.65. The third-order valence-electron chi connectivity index (χ3n) is 4.91. The number of rotatable bonds is 7. The molecule has 1 atom stereocenters. The van der Waals surface area contributed by atoms with Gasteiger partial charge in [-0.25, -0.2) is 13.1 Å². The SMILES string of the molecule is O=C(NCc1ccc2c(c1)OCO2)c1cc(S(=O)(=O)NCC2CCCO2)ccc1Br. The molecule has 1 fully saturated rings. The van der Waals surface area contributed by atoms with E-state index < -0.39 is 15.9 Å². The number of benzene rings is 2. The van der Waals surface area contributed by atoms with E-state index in [0.29, 0.717) is 22.6 Å². The van der Waals surface area contributed by atoms with Crippen LogP contribution >= 0.6 is 15.9 Å². The van der Waals surface area contributed by atoms with Gasteiger partial charge in [0, 0.05) is 24.2 Å². The van der Waals surface area contributed by atoms with Crippen molar-refractivity contribution in [2.75, 3.05) is 19.9 Å². The first-order valence-corrected chi connectivity index (χ1v) is 11.8. The van der Waals surface area contributed by atoms with Crippen LogP contribution < -0.4 is 19.5 Å². The number of carbonyl (C=O) groups excluding carboxylic acids is 1. The highest BCUT2D eigenvalue weighted by molar-refractivity contribution is 9.10. The molecule has 0 aromatic heterocycles. The summed E-state index contributed by atoms with van der Waals surface area (Å²) in [6, 6.07) is 9.78. The maximum absolute atomic E-state index is 12.7. The van der Waals surface area contributed by atoms with Gasteiger partial charge in [0.05, 0.1) is 16.6 Å². The minimum absolute atomic E-state index is 0.0249. The topological polar surface area (TPSA) is 103 Å². The van der Waals surface area contributed by atoms with E-state index in [1.54, 1.807) is 18.2 Å². The van der Waals surface area contributed by atoms with Crippen LogP contribution in [0.2, 0.25) is 0 Å². The summed E-state index contributed by atoms with van der Waals surface area (Å²) < 4.78 is 44.4. The lowest BCUT2D eigenvalue weighted by atomic mass is 10.2. The Balaban J connectivity index is 1.43. The highest BCUT2D eigenvalue weighted by atomic mass is 79.9. The molecule has 0 aliphatic carbocycles. The fourth-order valence-corrected chi connectivity index (χ4v) is 4.78. The van der Waals surface area contributed by atoms with Crippen molar-refractivity contribution in [2.24, 2.45) is 0 Å². The molecule has 30 heavy (non-hydrogen) atoms. The Kier molecular flexibility index (Phi) is 6.28. The van der Waals surface area contributed by atoms with Crippen LogP contribution in [0.3, 0.4) is 0 Å². The zero-order chi connectivity index (χ0) is 21.1. The van der Waals surface area contributed by atoms with Crippen molar-refractivity contribution in [1.29, 1.82) is 0 Å². The summed E-state index contributed by atoms with van der Waals surface area (Å²) in [5.41, 5.74) is 1.07. The van der Waals surface area contributed by atoms with Gasteiger partial charge in [-0.15, -0.1) is 0 Å². The van der Waals surface area contributed by atoms with Crippen LogP contribution in [0.5, 0.6) is 11.5 Å². The first-order chi connectivity index (χ1) is 14.4. The van der Waals surface area contributed by atoms with Crippen molar-refractivity contribution >= 4 is 31.9 Å². The predicted octanol–water partition coefficient (Wildman–Crippen LogP) is 2.57. The number of carbonyl (C=O) groups is 1. The molecular formula is C20H21BrN2O6S. The first kappa shape index (κ1) is 21.1. The van der Waals surface area contributed by atoms with Crippen molar-refractivity contribution in [1.82, 2.24) is 10.0 Å². The highest BCUT2D eigenvalue weighted by Gasteiger charge is 2.22. The van der Waals surface area contributed by atoms with Gasteiger partial charge in [-0.3, -0.25) is 4.79 Å². The number of amides is 1. The van der Waals surface area contributed by atoms with Gasteiger partial charge in [-0.1, -0.05) is 6.07 Å².